The van der Waals surface area contributed by atoms with E-state index in [2.05, 4.69) is 67.2 Å². The Bertz CT molecular complexity index is 550. The topological polar surface area (TPSA) is 37.8 Å². The Balaban J connectivity index is 2.19. The van der Waals surface area contributed by atoms with Crippen LogP contribution in [0.15, 0.2) is 24.3 Å². The lowest BCUT2D eigenvalue weighted by Gasteiger charge is -2.11. The molecule has 0 aliphatic carbocycles. The minimum absolute atomic E-state index is 0.795. The third-order valence-corrected chi connectivity index (χ3v) is 3.50. The summed E-state index contributed by atoms with van der Waals surface area (Å²) in [6, 6.07) is 8.56. The molecule has 0 aliphatic heterocycles. The van der Waals surface area contributed by atoms with Gasteiger partial charge in [0.2, 0.25) is 0 Å². The molecule has 0 bridgehead atoms. The number of benzene rings is 1. The molecule has 20 heavy (non-hydrogen) atoms. The maximum absolute atomic E-state index is 4.65. The van der Waals surface area contributed by atoms with Gasteiger partial charge in [-0.1, -0.05) is 36.8 Å². The van der Waals surface area contributed by atoms with Crippen LogP contribution in [-0.4, -0.2) is 16.5 Å². The van der Waals surface area contributed by atoms with Gasteiger partial charge in [0.15, 0.2) is 0 Å². The Morgan fingerprint density at radius 1 is 0.950 bits per heavy atom. The molecule has 0 saturated carbocycles. The first-order valence-electron chi connectivity index (χ1n) is 7.19. The Hall–Kier alpha value is -1.74. The molecule has 0 saturated heterocycles. The summed E-state index contributed by atoms with van der Waals surface area (Å²) < 4.78 is 0. The van der Waals surface area contributed by atoms with E-state index in [1.165, 1.54) is 16.7 Å². The van der Waals surface area contributed by atoms with Crippen LogP contribution in [0, 0.1) is 20.8 Å². The number of rotatable bonds is 5. The highest BCUT2D eigenvalue weighted by atomic mass is 14.9. The molecular weight excluding hydrogens is 246 g/mol. The highest BCUT2D eigenvalue weighted by molar-refractivity contribution is 5.28. The average Bonchev–Trinajstić information content (AvgIpc) is 2.41. The van der Waals surface area contributed by atoms with E-state index in [0.717, 1.165) is 36.7 Å². The Morgan fingerprint density at radius 3 is 2.10 bits per heavy atom. The fourth-order valence-corrected chi connectivity index (χ4v) is 2.28. The second-order valence-corrected chi connectivity index (χ2v) is 5.23. The largest absolute Gasteiger partial charge is 0.313 e. The molecule has 0 unspecified atom stereocenters. The van der Waals surface area contributed by atoms with Gasteiger partial charge in [0.25, 0.3) is 0 Å². The van der Waals surface area contributed by atoms with E-state index in [0.29, 0.717) is 0 Å². The van der Waals surface area contributed by atoms with Crippen LogP contribution in [0.25, 0.3) is 0 Å². The standard InChI is InChI=1S/C17H23N3/c1-5-18-11-16-13(3)19-17(20-14(16)4)10-15-8-6-12(2)7-9-15/h6-9,18H,5,10-11H2,1-4H3. The summed E-state index contributed by atoms with van der Waals surface area (Å²) in [6.45, 7) is 10.2. The van der Waals surface area contributed by atoms with E-state index in [4.69, 9.17) is 0 Å². The second kappa shape index (κ2) is 6.62. The summed E-state index contributed by atoms with van der Waals surface area (Å²) in [5.74, 6) is 0.907. The van der Waals surface area contributed by atoms with Gasteiger partial charge < -0.3 is 5.32 Å². The first kappa shape index (κ1) is 14.7. The van der Waals surface area contributed by atoms with Crippen LogP contribution in [0.4, 0.5) is 0 Å². The third-order valence-electron chi connectivity index (χ3n) is 3.50. The van der Waals surface area contributed by atoms with Gasteiger partial charge >= 0.3 is 0 Å². The maximum Gasteiger partial charge on any atom is 0.133 e. The van der Waals surface area contributed by atoms with Crippen molar-refractivity contribution in [3.05, 3.63) is 58.2 Å². The summed E-state index contributed by atoms with van der Waals surface area (Å²) in [6.07, 6.45) is 0.795. The lowest BCUT2D eigenvalue weighted by atomic mass is 10.1. The van der Waals surface area contributed by atoms with Crippen molar-refractivity contribution in [1.29, 1.82) is 0 Å². The highest BCUT2D eigenvalue weighted by Gasteiger charge is 2.08. The Kier molecular flexibility index (Phi) is 4.85. The highest BCUT2D eigenvalue weighted by Crippen LogP contribution is 2.13. The van der Waals surface area contributed by atoms with Gasteiger partial charge in [-0.25, -0.2) is 9.97 Å². The lowest BCUT2D eigenvalue weighted by molar-refractivity contribution is 0.706. The van der Waals surface area contributed by atoms with Crippen LogP contribution in [0.5, 0.6) is 0 Å². The predicted molar refractivity (Wildman–Crippen MR) is 82.9 cm³/mol. The molecule has 1 heterocycles. The van der Waals surface area contributed by atoms with Crippen molar-refractivity contribution in [2.45, 2.75) is 40.7 Å². The summed E-state index contributed by atoms with van der Waals surface area (Å²) in [5, 5.41) is 3.34. The van der Waals surface area contributed by atoms with Crippen LogP contribution in [0.1, 0.15) is 40.8 Å². The SMILES string of the molecule is CCNCc1c(C)nc(Cc2ccc(C)cc2)nc1C. The van der Waals surface area contributed by atoms with E-state index >= 15 is 0 Å². The summed E-state index contributed by atoms with van der Waals surface area (Å²) >= 11 is 0. The van der Waals surface area contributed by atoms with Gasteiger partial charge in [0, 0.05) is 29.9 Å². The van der Waals surface area contributed by atoms with Crippen molar-refractivity contribution in [2.75, 3.05) is 6.54 Å². The first-order chi connectivity index (χ1) is 9.60. The molecule has 1 aromatic carbocycles. The van der Waals surface area contributed by atoms with Gasteiger partial charge in [-0.05, 0) is 32.9 Å². The Labute approximate surface area is 121 Å². The van der Waals surface area contributed by atoms with Crippen LogP contribution in [-0.2, 0) is 13.0 Å². The monoisotopic (exact) mass is 269 g/mol. The molecular formula is C17H23N3. The van der Waals surface area contributed by atoms with E-state index in [-0.39, 0.29) is 0 Å². The zero-order valence-electron chi connectivity index (χ0n) is 12.8. The van der Waals surface area contributed by atoms with Crippen molar-refractivity contribution in [2.24, 2.45) is 0 Å². The molecule has 0 amide bonds. The lowest BCUT2D eigenvalue weighted by Crippen LogP contribution is -2.16. The molecule has 2 aromatic rings. The number of aryl methyl sites for hydroxylation is 3. The molecule has 3 nitrogen and oxygen atoms in total. The number of nitrogens with one attached hydrogen (secondary N) is 1. The van der Waals surface area contributed by atoms with Gasteiger partial charge in [0.1, 0.15) is 5.82 Å². The molecule has 3 heteroatoms. The number of hydrogen-bond donors (Lipinski definition) is 1. The van der Waals surface area contributed by atoms with Crippen LogP contribution in [0.2, 0.25) is 0 Å². The third kappa shape index (κ3) is 3.64. The summed E-state index contributed by atoms with van der Waals surface area (Å²) in [4.78, 5) is 9.31. The zero-order valence-corrected chi connectivity index (χ0v) is 12.8. The minimum atomic E-state index is 0.795. The van der Waals surface area contributed by atoms with Crippen molar-refractivity contribution >= 4 is 0 Å². The maximum atomic E-state index is 4.65. The summed E-state index contributed by atoms with van der Waals surface area (Å²) in [5.41, 5.74) is 5.93. The van der Waals surface area contributed by atoms with Crippen LogP contribution < -0.4 is 5.32 Å². The Morgan fingerprint density at radius 2 is 1.55 bits per heavy atom. The summed E-state index contributed by atoms with van der Waals surface area (Å²) in [7, 11) is 0. The molecule has 1 aromatic heterocycles. The molecule has 0 spiro atoms. The predicted octanol–water partition coefficient (Wildman–Crippen LogP) is 3.10. The number of hydrogen-bond acceptors (Lipinski definition) is 3. The zero-order chi connectivity index (χ0) is 14.5. The van der Waals surface area contributed by atoms with Gasteiger partial charge in [-0.2, -0.15) is 0 Å². The van der Waals surface area contributed by atoms with E-state index < -0.39 is 0 Å². The van der Waals surface area contributed by atoms with Crippen molar-refractivity contribution < 1.29 is 0 Å². The molecule has 0 fully saturated rings. The minimum Gasteiger partial charge on any atom is -0.313 e. The molecule has 0 aliphatic rings. The molecule has 0 atom stereocenters. The molecule has 1 N–H and O–H groups in total. The van der Waals surface area contributed by atoms with E-state index in [1.54, 1.807) is 0 Å². The molecule has 2 rings (SSSR count). The van der Waals surface area contributed by atoms with Crippen molar-refractivity contribution in [1.82, 2.24) is 15.3 Å². The smallest absolute Gasteiger partial charge is 0.133 e. The van der Waals surface area contributed by atoms with E-state index in [1.807, 2.05) is 0 Å². The van der Waals surface area contributed by atoms with Crippen molar-refractivity contribution in [3.8, 4) is 0 Å². The van der Waals surface area contributed by atoms with Crippen LogP contribution in [0.3, 0.4) is 0 Å². The average molecular weight is 269 g/mol. The fraction of sp³-hybridized carbons (Fsp3) is 0.412. The fourth-order valence-electron chi connectivity index (χ4n) is 2.28. The van der Waals surface area contributed by atoms with Gasteiger partial charge in [-0.15, -0.1) is 0 Å². The molecule has 106 valence electrons. The van der Waals surface area contributed by atoms with Gasteiger partial charge in [0.05, 0.1) is 0 Å². The van der Waals surface area contributed by atoms with Gasteiger partial charge in [-0.3, -0.25) is 0 Å². The normalized spacial score (nSPS) is 10.8. The molecule has 0 radical (unpaired) electrons. The van der Waals surface area contributed by atoms with Crippen molar-refractivity contribution in [3.63, 3.8) is 0 Å². The van der Waals surface area contributed by atoms with E-state index in [9.17, 15) is 0 Å². The quantitative estimate of drug-likeness (QED) is 0.906. The number of nitrogens with zero attached hydrogens (tertiary/aromatic N) is 2. The number of aromatic nitrogens is 2. The second-order valence-electron chi connectivity index (χ2n) is 5.23. The van der Waals surface area contributed by atoms with Crippen LogP contribution >= 0.6 is 0 Å². The first-order valence-corrected chi connectivity index (χ1v) is 7.19.